The molecule has 2 amide bonds. The molecule has 9 nitrogen and oxygen atoms in total. The normalized spacial score (nSPS) is 19.3. The third-order valence-corrected chi connectivity index (χ3v) is 6.54. The van der Waals surface area contributed by atoms with Crippen LogP contribution in [0.2, 0.25) is 0 Å². The maximum Gasteiger partial charge on any atom is 0.272 e. The number of nitrogens with two attached hydrogens (primary N) is 1. The van der Waals surface area contributed by atoms with E-state index in [-0.39, 0.29) is 17.7 Å². The van der Waals surface area contributed by atoms with Gasteiger partial charge in [-0.1, -0.05) is 12.1 Å². The number of likely N-dealkylation sites (tertiary alicyclic amines) is 1. The van der Waals surface area contributed by atoms with Crippen molar-refractivity contribution in [3.63, 3.8) is 0 Å². The number of anilines is 1. The molecule has 2 saturated heterocycles. The zero-order valence-electron chi connectivity index (χ0n) is 20.5. The Kier molecular flexibility index (Phi) is 13.0. The molecule has 0 bridgehead atoms. The summed E-state index contributed by atoms with van der Waals surface area (Å²) in [5.74, 6) is 0.630. The predicted octanol–water partition coefficient (Wildman–Crippen LogP) is 1.90. The topological polar surface area (TPSA) is 109 Å². The number of benzene rings is 1. The van der Waals surface area contributed by atoms with E-state index >= 15 is 0 Å². The molecule has 0 saturated carbocycles. The number of nitrogens with one attached hydrogen (secondary N) is 2. The van der Waals surface area contributed by atoms with Gasteiger partial charge in [0.2, 0.25) is 6.41 Å². The van der Waals surface area contributed by atoms with Crippen LogP contribution in [0.4, 0.5) is 5.69 Å². The summed E-state index contributed by atoms with van der Waals surface area (Å²) < 4.78 is 10.5. The molecule has 34 heavy (non-hydrogen) atoms. The molecule has 3 rings (SSSR count). The van der Waals surface area contributed by atoms with Crippen molar-refractivity contribution in [2.45, 2.75) is 25.9 Å². The number of hydrogen-bond donors (Lipinski definition) is 3. The fourth-order valence-corrected chi connectivity index (χ4v) is 4.45. The lowest BCUT2D eigenvalue weighted by Gasteiger charge is -2.30. The van der Waals surface area contributed by atoms with E-state index in [0.29, 0.717) is 19.6 Å². The maximum atomic E-state index is 12.4. The number of nitrogens with zero attached hydrogens (tertiary/aromatic N) is 2. The van der Waals surface area contributed by atoms with Crippen molar-refractivity contribution in [3.05, 3.63) is 40.4 Å². The minimum Gasteiger partial charge on any atom is -0.394 e. The number of carbonyl (C=O) groups excluding carboxylic acids is 2. The number of hydrogen-bond acceptors (Lipinski definition) is 8. The average molecular weight is 494 g/mol. The molecule has 4 N–H and O–H groups in total. The van der Waals surface area contributed by atoms with Gasteiger partial charge >= 0.3 is 0 Å². The van der Waals surface area contributed by atoms with Crippen LogP contribution in [0.1, 0.15) is 30.1 Å². The molecule has 1 aromatic carbocycles. The first-order valence-corrected chi connectivity index (χ1v) is 12.7. The number of likely N-dealkylation sites (N-methyl/N-ethyl adjacent to an activating group) is 1. The molecule has 190 valence electrons. The molecular weight excluding hydrogens is 454 g/mol. The Morgan fingerprint density at radius 1 is 1.32 bits per heavy atom. The Bertz CT molecular complexity index is 802. The highest BCUT2D eigenvalue weighted by molar-refractivity contribution is 8.02. The monoisotopic (exact) mass is 493 g/mol. The molecule has 2 aliphatic rings. The smallest absolute Gasteiger partial charge is 0.272 e. The number of ether oxygens (including phenoxy) is 2. The lowest BCUT2D eigenvalue weighted by atomic mass is 10.0. The number of methoxy groups -OCH3 is 1. The average Bonchev–Trinajstić information content (AvgIpc) is 3.34. The summed E-state index contributed by atoms with van der Waals surface area (Å²) in [4.78, 5) is 26.5. The van der Waals surface area contributed by atoms with E-state index in [0.717, 1.165) is 55.5 Å². The molecule has 1 atom stereocenters. The number of rotatable bonds is 10. The zero-order valence-corrected chi connectivity index (χ0v) is 21.4. The molecule has 0 aromatic heterocycles. The number of morpholine rings is 1. The van der Waals surface area contributed by atoms with E-state index in [9.17, 15) is 9.59 Å². The van der Waals surface area contributed by atoms with Crippen LogP contribution in [0.3, 0.4) is 0 Å². The van der Waals surface area contributed by atoms with Crippen molar-refractivity contribution < 1.29 is 19.1 Å². The fraction of sp³-hybridized carbons (Fsp3) is 0.583. The number of thioether (sulfide) groups is 1. The molecule has 0 radical (unpaired) electrons. The number of amides is 2. The quantitative estimate of drug-likeness (QED) is 0.258. The van der Waals surface area contributed by atoms with Gasteiger partial charge in [-0.2, -0.15) is 0 Å². The predicted molar refractivity (Wildman–Crippen MR) is 137 cm³/mol. The molecule has 1 aromatic rings. The highest BCUT2D eigenvalue weighted by Gasteiger charge is 2.20. The van der Waals surface area contributed by atoms with Gasteiger partial charge in [0.1, 0.15) is 5.70 Å². The zero-order chi connectivity index (χ0) is 24.8. The van der Waals surface area contributed by atoms with Crippen LogP contribution in [-0.2, 0) is 19.1 Å². The van der Waals surface area contributed by atoms with Gasteiger partial charge in [0.25, 0.3) is 5.91 Å². The van der Waals surface area contributed by atoms with Gasteiger partial charge in [-0.3, -0.25) is 14.5 Å². The Labute approximate surface area is 207 Å². The molecule has 0 aliphatic carbocycles. The molecule has 0 spiro atoms. The van der Waals surface area contributed by atoms with Gasteiger partial charge in [0.15, 0.2) is 0 Å². The lowest BCUT2D eigenvalue weighted by molar-refractivity contribution is -0.113. The van der Waals surface area contributed by atoms with Crippen LogP contribution in [0.25, 0.3) is 0 Å². The van der Waals surface area contributed by atoms with E-state index in [4.69, 9.17) is 10.5 Å². The number of carbonyl (C=O) groups is 2. The first-order chi connectivity index (χ1) is 16.4. The van der Waals surface area contributed by atoms with Gasteiger partial charge in [-0.25, -0.2) is 0 Å². The molecule has 2 fully saturated rings. The van der Waals surface area contributed by atoms with Gasteiger partial charge in [-0.05, 0) is 57.1 Å². The van der Waals surface area contributed by atoms with E-state index < -0.39 is 0 Å². The van der Waals surface area contributed by atoms with Crippen LogP contribution in [0, 0.1) is 6.92 Å². The first kappa shape index (κ1) is 28.1. The van der Waals surface area contributed by atoms with Crippen molar-refractivity contribution in [1.29, 1.82) is 0 Å². The second-order valence-corrected chi connectivity index (χ2v) is 9.24. The third-order valence-electron chi connectivity index (χ3n) is 5.60. The summed E-state index contributed by atoms with van der Waals surface area (Å²) in [6.07, 6.45) is 3.26. The minimum absolute atomic E-state index is 0.0826. The van der Waals surface area contributed by atoms with Gasteiger partial charge in [-0.15, -0.1) is 11.8 Å². The lowest BCUT2D eigenvalue weighted by Crippen LogP contribution is -2.35. The van der Waals surface area contributed by atoms with Crippen LogP contribution in [0.5, 0.6) is 0 Å². The SMILES string of the molecule is COCCNC=O.Cc1cc(C2CN(C)CCO2)ccc1NC(=O)/C(N)=C/SCN1CCCC1. The molecule has 2 heterocycles. The van der Waals surface area contributed by atoms with Crippen LogP contribution >= 0.6 is 11.8 Å². The summed E-state index contributed by atoms with van der Waals surface area (Å²) in [5.41, 5.74) is 9.13. The Morgan fingerprint density at radius 2 is 2.09 bits per heavy atom. The fourth-order valence-electron chi connectivity index (χ4n) is 3.62. The standard InChI is InChI=1S/C20H30N4O2S.C4H9NO2/c1-15-11-16(19-12-23(2)9-10-26-19)5-6-18(15)22-20(25)17(21)13-27-14-24-7-3-4-8-24;1-7-3-2-5-4-6/h5-6,11,13,19H,3-4,7-10,12,14,21H2,1-2H3,(H,22,25);4H,2-3H2,1H3,(H,5,6)/b17-13-;. The van der Waals surface area contributed by atoms with E-state index in [1.54, 1.807) is 24.3 Å². The summed E-state index contributed by atoms with van der Waals surface area (Å²) in [6.45, 7) is 8.04. The summed E-state index contributed by atoms with van der Waals surface area (Å²) in [6, 6.07) is 6.04. The van der Waals surface area contributed by atoms with Crippen molar-refractivity contribution in [1.82, 2.24) is 15.1 Å². The Hall–Kier alpha value is -2.11. The second kappa shape index (κ2) is 15.7. The largest absolute Gasteiger partial charge is 0.394 e. The summed E-state index contributed by atoms with van der Waals surface area (Å²) in [5, 5.41) is 7.11. The van der Waals surface area contributed by atoms with Crippen LogP contribution < -0.4 is 16.4 Å². The second-order valence-electron chi connectivity index (χ2n) is 8.41. The van der Waals surface area contributed by atoms with E-state index in [2.05, 4.69) is 38.3 Å². The Balaban J connectivity index is 0.000000509. The van der Waals surface area contributed by atoms with E-state index in [1.165, 1.54) is 12.8 Å². The highest BCUT2D eigenvalue weighted by atomic mass is 32.2. The van der Waals surface area contributed by atoms with Crippen LogP contribution in [-0.4, -0.2) is 88.1 Å². The highest BCUT2D eigenvalue weighted by Crippen LogP contribution is 2.26. The Morgan fingerprint density at radius 3 is 2.74 bits per heavy atom. The van der Waals surface area contributed by atoms with Crippen molar-refractivity contribution in [2.24, 2.45) is 5.73 Å². The first-order valence-electron chi connectivity index (χ1n) is 11.6. The van der Waals surface area contributed by atoms with E-state index in [1.807, 2.05) is 19.1 Å². The van der Waals surface area contributed by atoms with Crippen molar-refractivity contribution in [3.8, 4) is 0 Å². The summed E-state index contributed by atoms with van der Waals surface area (Å²) in [7, 11) is 3.69. The van der Waals surface area contributed by atoms with Gasteiger partial charge < -0.3 is 30.7 Å². The maximum absolute atomic E-state index is 12.4. The molecule has 10 heteroatoms. The minimum atomic E-state index is -0.256. The molecule has 2 aliphatic heterocycles. The molecular formula is C24H39N5O4S. The van der Waals surface area contributed by atoms with Crippen molar-refractivity contribution >= 4 is 29.8 Å². The van der Waals surface area contributed by atoms with Crippen molar-refractivity contribution in [2.75, 3.05) is 71.3 Å². The summed E-state index contributed by atoms with van der Waals surface area (Å²) >= 11 is 1.58. The number of aryl methyl sites for hydroxylation is 1. The third kappa shape index (κ3) is 10.0. The van der Waals surface area contributed by atoms with Gasteiger partial charge in [0.05, 0.1) is 19.3 Å². The van der Waals surface area contributed by atoms with Gasteiger partial charge in [0, 0.05) is 43.7 Å². The molecule has 1 unspecified atom stereocenters. The van der Waals surface area contributed by atoms with Crippen LogP contribution in [0.15, 0.2) is 29.3 Å².